The zero-order valence-electron chi connectivity index (χ0n) is 8.20. The van der Waals surface area contributed by atoms with Gasteiger partial charge in [0.1, 0.15) is 11.6 Å². The van der Waals surface area contributed by atoms with Crippen molar-refractivity contribution in [2.75, 3.05) is 11.5 Å². The topological polar surface area (TPSA) is 140 Å². The molecule has 0 bridgehead atoms. The summed E-state index contributed by atoms with van der Waals surface area (Å²) in [6.45, 7) is 0. The normalized spacial score (nSPS) is 9.25. The number of carboxylic acids is 2. The third kappa shape index (κ3) is 8.05. The quantitative estimate of drug-likeness (QED) is 0.517. The van der Waals surface area contributed by atoms with Gasteiger partial charge in [0.2, 0.25) is 0 Å². The minimum atomic E-state index is -1.26. The number of pyridine rings is 1. The molecule has 7 heteroatoms. The average Bonchev–Trinajstić information content (AvgIpc) is 2.15. The summed E-state index contributed by atoms with van der Waals surface area (Å²) in [4.78, 5) is 22.8. The number of aromatic nitrogens is 1. The first kappa shape index (κ1) is 13.4. The number of carboxylic acid groups (broad SMARTS) is 2. The van der Waals surface area contributed by atoms with E-state index in [4.69, 9.17) is 21.7 Å². The Labute approximate surface area is 91.0 Å². The van der Waals surface area contributed by atoms with Crippen LogP contribution in [0.1, 0.15) is 0 Å². The second-order valence-electron chi connectivity index (χ2n) is 2.50. The number of hydrogen-bond acceptors (Lipinski definition) is 5. The van der Waals surface area contributed by atoms with Gasteiger partial charge in [-0.15, -0.1) is 0 Å². The van der Waals surface area contributed by atoms with Crippen molar-refractivity contribution in [3.05, 3.63) is 30.4 Å². The van der Waals surface area contributed by atoms with Gasteiger partial charge < -0.3 is 21.7 Å². The molecule has 0 spiro atoms. The van der Waals surface area contributed by atoms with Crippen molar-refractivity contribution < 1.29 is 19.8 Å². The summed E-state index contributed by atoms with van der Waals surface area (Å²) in [6.07, 6.45) is 1.12. The maximum atomic E-state index is 9.55. The minimum absolute atomic E-state index is 0.463. The predicted molar refractivity (Wildman–Crippen MR) is 57.5 cm³/mol. The van der Waals surface area contributed by atoms with Crippen molar-refractivity contribution in [1.82, 2.24) is 4.98 Å². The van der Waals surface area contributed by atoms with Crippen LogP contribution in [0.15, 0.2) is 30.4 Å². The molecular weight excluding hydrogens is 214 g/mol. The summed E-state index contributed by atoms with van der Waals surface area (Å²) in [6, 6.07) is 5.14. The van der Waals surface area contributed by atoms with Gasteiger partial charge in [-0.3, -0.25) is 0 Å². The van der Waals surface area contributed by atoms with Crippen LogP contribution in [-0.4, -0.2) is 27.1 Å². The van der Waals surface area contributed by atoms with Gasteiger partial charge >= 0.3 is 11.9 Å². The number of aliphatic carboxylic acids is 2. The van der Waals surface area contributed by atoms with Crippen LogP contribution in [-0.2, 0) is 9.59 Å². The molecule has 0 amide bonds. The summed E-state index contributed by atoms with van der Waals surface area (Å²) in [5, 5.41) is 15.6. The summed E-state index contributed by atoms with van der Waals surface area (Å²) in [5.74, 6) is -1.59. The lowest BCUT2D eigenvalue weighted by molar-refractivity contribution is -0.134. The standard InChI is InChI=1S/C5H7N3.C4H4O4/c6-4-2-1-3-5(7)8-4;5-3(6)1-2-4(7)8/h1-3H,(H4,6,7,8);1-2H,(H,5,6)(H,7,8). The monoisotopic (exact) mass is 225 g/mol. The van der Waals surface area contributed by atoms with Gasteiger partial charge in [0.15, 0.2) is 0 Å². The molecule has 0 radical (unpaired) electrons. The van der Waals surface area contributed by atoms with E-state index in [0.717, 1.165) is 0 Å². The summed E-state index contributed by atoms with van der Waals surface area (Å²) < 4.78 is 0. The van der Waals surface area contributed by atoms with E-state index in [1.54, 1.807) is 18.2 Å². The molecule has 16 heavy (non-hydrogen) atoms. The number of nitrogen functional groups attached to an aromatic ring is 2. The van der Waals surface area contributed by atoms with Gasteiger partial charge in [-0.25, -0.2) is 14.6 Å². The fourth-order valence-electron chi connectivity index (χ4n) is 0.611. The maximum absolute atomic E-state index is 9.55. The van der Waals surface area contributed by atoms with Crippen molar-refractivity contribution in [3.8, 4) is 0 Å². The van der Waals surface area contributed by atoms with Gasteiger partial charge in [-0.1, -0.05) is 6.07 Å². The number of hydrogen-bond donors (Lipinski definition) is 4. The van der Waals surface area contributed by atoms with Gasteiger partial charge in [0.05, 0.1) is 0 Å². The molecule has 0 aliphatic carbocycles. The van der Waals surface area contributed by atoms with Crippen LogP contribution in [0.25, 0.3) is 0 Å². The van der Waals surface area contributed by atoms with Gasteiger partial charge in [0.25, 0.3) is 0 Å². The van der Waals surface area contributed by atoms with E-state index < -0.39 is 11.9 Å². The minimum Gasteiger partial charge on any atom is -0.478 e. The molecule has 0 atom stereocenters. The SMILES string of the molecule is Nc1cccc(N)n1.O=C(O)C=CC(=O)O. The number of carbonyl (C=O) groups is 2. The molecule has 0 fully saturated rings. The van der Waals surface area contributed by atoms with Crippen molar-refractivity contribution in [2.45, 2.75) is 0 Å². The molecule has 1 aromatic rings. The second-order valence-corrected chi connectivity index (χ2v) is 2.50. The number of nitrogens with two attached hydrogens (primary N) is 2. The molecule has 7 nitrogen and oxygen atoms in total. The zero-order valence-corrected chi connectivity index (χ0v) is 8.20. The average molecular weight is 225 g/mol. The second kappa shape index (κ2) is 6.82. The van der Waals surface area contributed by atoms with Crippen LogP contribution in [0, 0.1) is 0 Å². The highest BCUT2D eigenvalue weighted by molar-refractivity contribution is 5.89. The first-order chi connectivity index (χ1) is 7.41. The highest BCUT2D eigenvalue weighted by atomic mass is 16.4. The van der Waals surface area contributed by atoms with Gasteiger partial charge in [-0.05, 0) is 12.1 Å². The van der Waals surface area contributed by atoms with Gasteiger partial charge in [-0.2, -0.15) is 0 Å². The molecule has 0 aromatic carbocycles. The van der Waals surface area contributed by atoms with Gasteiger partial charge in [0, 0.05) is 12.2 Å². The van der Waals surface area contributed by atoms with Crippen LogP contribution in [0.4, 0.5) is 11.6 Å². The van der Waals surface area contributed by atoms with E-state index >= 15 is 0 Å². The van der Waals surface area contributed by atoms with E-state index in [0.29, 0.717) is 23.8 Å². The van der Waals surface area contributed by atoms with E-state index in [9.17, 15) is 9.59 Å². The van der Waals surface area contributed by atoms with Crippen LogP contribution in [0.5, 0.6) is 0 Å². The molecule has 6 N–H and O–H groups in total. The lowest BCUT2D eigenvalue weighted by Gasteiger charge is -1.90. The molecule has 1 aromatic heterocycles. The lowest BCUT2D eigenvalue weighted by atomic mass is 10.4. The Morgan fingerprint density at radius 1 is 1.06 bits per heavy atom. The summed E-state index contributed by atoms with van der Waals surface area (Å²) >= 11 is 0. The maximum Gasteiger partial charge on any atom is 0.328 e. The van der Waals surface area contributed by atoms with E-state index in [1.807, 2.05) is 0 Å². The summed E-state index contributed by atoms with van der Waals surface area (Å²) in [7, 11) is 0. The van der Waals surface area contributed by atoms with Crippen LogP contribution < -0.4 is 11.5 Å². The molecule has 0 saturated heterocycles. The largest absolute Gasteiger partial charge is 0.478 e. The van der Waals surface area contributed by atoms with Crippen LogP contribution in [0.3, 0.4) is 0 Å². The predicted octanol–water partition coefficient (Wildman–Crippen LogP) is -0.0422. The van der Waals surface area contributed by atoms with E-state index in [2.05, 4.69) is 4.98 Å². The molecule has 1 rings (SSSR count). The highest BCUT2D eigenvalue weighted by Gasteiger charge is 1.88. The van der Waals surface area contributed by atoms with Crippen molar-refractivity contribution in [3.63, 3.8) is 0 Å². The molecule has 1 heterocycles. The molecule has 0 aliphatic rings. The molecule has 0 unspecified atom stereocenters. The third-order valence-corrected chi connectivity index (χ3v) is 1.16. The molecular formula is C9H11N3O4. The van der Waals surface area contributed by atoms with E-state index in [1.165, 1.54) is 0 Å². The molecule has 0 saturated carbocycles. The van der Waals surface area contributed by atoms with E-state index in [-0.39, 0.29) is 0 Å². The van der Waals surface area contributed by atoms with Crippen LogP contribution >= 0.6 is 0 Å². The number of anilines is 2. The fraction of sp³-hybridized carbons (Fsp3) is 0. The first-order valence-electron chi connectivity index (χ1n) is 4.03. The Balaban J connectivity index is 0.000000281. The van der Waals surface area contributed by atoms with Crippen molar-refractivity contribution in [2.24, 2.45) is 0 Å². The zero-order chi connectivity index (χ0) is 12.6. The first-order valence-corrected chi connectivity index (χ1v) is 4.03. The Kier molecular flexibility index (Phi) is 5.73. The lowest BCUT2D eigenvalue weighted by Crippen LogP contribution is -1.93. The van der Waals surface area contributed by atoms with Crippen LogP contribution in [0.2, 0.25) is 0 Å². The summed E-state index contributed by atoms with van der Waals surface area (Å²) in [5.41, 5.74) is 10.5. The molecule has 86 valence electrons. The Morgan fingerprint density at radius 2 is 1.44 bits per heavy atom. The third-order valence-electron chi connectivity index (χ3n) is 1.16. The van der Waals surface area contributed by atoms with Crippen molar-refractivity contribution >= 4 is 23.6 Å². The number of nitrogens with zero attached hydrogens (tertiary/aromatic N) is 1. The highest BCUT2D eigenvalue weighted by Crippen LogP contribution is 1.99. The molecule has 0 aliphatic heterocycles. The Bertz CT molecular complexity index is 370. The van der Waals surface area contributed by atoms with Crippen molar-refractivity contribution in [1.29, 1.82) is 0 Å². The number of rotatable bonds is 2. The smallest absolute Gasteiger partial charge is 0.328 e. The Morgan fingerprint density at radius 3 is 1.62 bits per heavy atom. The Hall–Kier alpha value is -2.57. The fourth-order valence-corrected chi connectivity index (χ4v) is 0.611.